The molecule has 3 rings (SSSR count). The van der Waals surface area contributed by atoms with E-state index in [1.807, 2.05) is 0 Å². The lowest BCUT2D eigenvalue weighted by molar-refractivity contribution is 0.0715. The second kappa shape index (κ2) is 7.25. The maximum absolute atomic E-state index is 12.6. The molecule has 0 spiro atoms. The molecular weight excluding hydrogens is 320 g/mol. The topological polar surface area (TPSA) is 81.1 Å². The molecule has 0 bridgehead atoms. The van der Waals surface area contributed by atoms with Crippen molar-refractivity contribution in [2.24, 2.45) is 0 Å². The van der Waals surface area contributed by atoms with Gasteiger partial charge in [-0.1, -0.05) is 24.3 Å². The largest absolute Gasteiger partial charge is 0.507 e. The van der Waals surface area contributed by atoms with Crippen molar-refractivity contribution in [3.8, 4) is 11.5 Å². The number of para-hydroxylation sites is 2. The normalized spacial score (nSPS) is 14.9. The summed E-state index contributed by atoms with van der Waals surface area (Å²) in [4.78, 5) is 28.5. The van der Waals surface area contributed by atoms with Crippen LogP contribution in [-0.4, -0.2) is 58.0 Å². The van der Waals surface area contributed by atoms with Crippen LogP contribution in [0.3, 0.4) is 0 Å². The Morgan fingerprint density at radius 3 is 1.48 bits per heavy atom. The Bertz CT molecular complexity index is 725. The zero-order chi connectivity index (χ0) is 17.8. The maximum atomic E-state index is 12.6. The number of benzene rings is 2. The smallest absolute Gasteiger partial charge is 0.257 e. The molecule has 2 amide bonds. The summed E-state index contributed by atoms with van der Waals surface area (Å²) in [6.07, 6.45) is 0.638. The molecule has 0 aliphatic carbocycles. The van der Waals surface area contributed by atoms with Crippen LogP contribution >= 0.6 is 0 Å². The standard InChI is InChI=1S/C19H20N2O4/c22-16-8-3-1-6-14(16)18(24)20-10-5-11-21(13-12-20)19(25)15-7-2-4-9-17(15)23/h1-4,6-9,22-23H,5,10-13H2. The van der Waals surface area contributed by atoms with Gasteiger partial charge in [0.2, 0.25) is 0 Å². The second-order valence-corrected chi connectivity index (χ2v) is 5.97. The van der Waals surface area contributed by atoms with Crippen LogP contribution in [0.5, 0.6) is 11.5 Å². The van der Waals surface area contributed by atoms with Gasteiger partial charge in [-0.15, -0.1) is 0 Å². The van der Waals surface area contributed by atoms with Crippen LogP contribution in [0, 0.1) is 0 Å². The molecule has 0 atom stereocenters. The Kier molecular flexibility index (Phi) is 4.88. The summed E-state index contributed by atoms with van der Waals surface area (Å²) >= 11 is 0. The van der Waals surface area contributed by atoms with E-state index in [4.69, 9.17) is 0 Å². The van der Waals surface area contributed by atoms with E-state index < -0.39 is 0 Å². The van der Waals surface area contributed by atoms with Gasteiger partial charge in [-0.2, -0.15) is 0 Å². The van der Waals surface area contributed by atoms with Crippen molar-refractivity contribution in [2.75, 3.05) is 26.2 Å². The molecule has 6 nitrogen and oxygen atoms in total. The lowest BCUT2D eigenvalue weighted by atomic mass is 10.1. The number of phenolic OH excluding ortho intramolecular Hbond substituents is 2. The predicted octanol–water partition coefficient (Wildman–Crippen LogP) is 2.09. The van der Waals surface area contributed by atoms with Crippen molar-refractivity contribution >= 4 is 11.8 Å². The quantitative estimate of drug-likeness (QED) is 0.877. The summed E-state index contributed by atoms with van der Waals surface area (Å²) in [7, 11) is 0. The van der Waals surface area contributed by atoms with Gasteiger partial charge in [-0.05, 0) is 30.7 Å². The van der Waals surface area contributed by atoms with Gasteiger partial charge >= 0.3 is 0 Å². The number of hydrogen-bond acceptors (Lipinski definition) is 4. The van der Waals surface area contributed by atoms with Crippen LogP contribution in [0.25, 0.3) is 0 Å². The van der Waals surface area contributed by atoms with E-state index in [0.717, 1.165) is 0 Å². The molecule has 0 radical (unpaired) electrons. The number of nitrogens with zero attached hydrogens (tertiary/aromatic N) is 2. The molecule has 2 N–H and O–H groups in total. The van der Waals surface area contributed by atoms with Crippen LogP contribution in [0.15, 0.2) is 48.5 Å². The van der Waals surface area contributed by atoms with Gasteiger partial charge < -0.3 is 20.0 Å². The molecule has 0 aromatic heterocycles. The van der Waals surface area contributed by atoms with E-state index in [2.05, 4.69) is 0 Å². The van der Waals surface area contributed by atoms with Gasteiger partial charge in [0.1, 0.15) is 11.5 Å². The summed E-state index contributed by atoms with van der Waals surface area (Å²) in [6.45, 7) is 1.79. The molecule has 1 fully saturated rings. The SMILES string of the molecule is O=C(c1ccccc1O)N1CCCN(C(=O)c2ccccc2O)CC1. The van der Waals surface area contributed by atoms with Crippen molar-refractivity contribution in [3.05, 3.63) is 59.7 Å². The number of carbonyl (C=O) groups is 2. The van der Waals surface area contributed by atoms with Gasteiger partial charge in [-0.3, -0.25) is 9.59 Å². The van der Waals surface area contributed by atoms with E-state index in [0.29, 0.717) is 32.6 Å². The Balaban J connectivity index is 1.70. The second-order valence-electron chi connectivity index (χ2n) is 5.97. The van der Waals surface area contributed by atoms with Gasteiger partial charge in [0.05, 0.1) is 11.1 Å². The Morgan fingerprint density at radius 1 is 0.680 bits per heavy atom. The van der Waals surface area contributed by atoms with Crippen LogP contribution < -0.4 is 0 Å². The third-order valence-electron chi connectivity index (χ3n) is 4.34. The maximum Gasteiger partial charge on any atom is 0.257 e. The van der Waals surface area contributed by atoms with Gasteiger partial charge in [0.15, 0.2) is 0 Å². The number of amides is 2. The van der Waals surface area contributed by atoms with Crippen molar-refractivity contribution in [3.63, 3.8) is 0 Å². The monoisotopic (exact) mass is 340 g/mol. The van der Waals surface area contributed by atoms with Crippen molar-refractivity contribution in [1.82, 2.24) is 9.80 Å². The first-order valence-corrected chi connectivity index (χ1v) is 8.22. The number of hydrogen-bond donors (Lipinski definition) is 2. The summed E-state index contributed by atoms with van der Waals surface area (Å²) in [5.41, 5.74) is 0.533. The number of phenols is 2. The average molecular weight is 340 g/mol. The van der Waals surface area contributed by atoms with Crippen molar-refractivity contribution in [2.45, 2.75) is 6.42 Å². The third kappa shape index (κ3) is 3.57. The van der Waals surface area contributed by atoms with E-state index in [1.165, 1.54) is 12.1 Å². The van der Waals surface area contributed by atoms with Crippen molar-refractivity contribution in [1.29, 1.82) is 0 Å². The minimum absolute atomic E-state index is 0.0427. The molecule has 2 aromatic carbocycles. The highest BCUT2D eigenvalue weighted by Gasteiger charge is 2.25. The van der Waals surface area contributed by atoms with Gasteiger partial charge in [0, 0.05) is 26.2 Å². The van der Waals surface area contributed by atoms with Crippen LogP contribution in [0.4, 0.5) is 0 Å². The van der Waals surface area contributed by atoms with Crippen molar-refractivity contribution < 1.29 is 19.8 Å². The van der Waals surface area contributed by atoms with E-state index in [-0.39, 0.29) is 34.4 Å². The Morgan fingerprint density at radius 2 is 1.08 bits per heavy atom. The third-order valence-corrected chi connectivity index (χ3v) is 4.34. The molecule has 0 unspecified atom stereocenters. The number of carbonyl (C=O) groups excluding carboxylic acids is 2. The fourth-order valence-electron chi connectivity index (χ4n) is 2.97. The van der Waals surface area contributed by atoms with Crippen LogP contribution in [-0.2, 0) is 0 Å². The molecule has 1 saturated heterocycles. The molecule has 2 aromatic rings. The van der Waals surface area contributed by atoms with E-state index >= 15 is 0 Å². The highest BCUT2D eigenvalue weighted by atomic mass is 16.3. The first-order chi connectivity index (χ1) is 12.1. The van der Waals surface area contributed by atoms with Gasteiger partial charge in [-0.25, -0.2) is 0 Å². The lowest BCUT2D eigenvalue weighted by Gasteiger charge is -2.22. The molecular formula is C19H20N2O4. The fourth-order valence-corrected chi connectivity index (χ4v) is 2.97. The molecule has 0 saturated carbocycles. The summed E-state index contributed by atoms with van der Waals surface area (Å²) in [6, 6.07) is 12.9. The summed E-state index contributed by atoms with van der Waals surface area (Å²) in [5, 5.41) is 19.7. The number of aromatic hydroxyl groups is 2. The molecule has 1 aliphatic heterocycles. The first-order valence-electron chi connectivity index (χ1n) is 8.22. The summed E-state index contributed by atoms with van der Waals surface area (Å²) < 4.78 is 0. The predicted molar refractivity (Wildman–Crippen MR) is 92.6 cm³/mol. The highest BCUT2D eigenvalue weighted by Crippen LogP contribution is 2.21. The first kappa shape index (κ1) is 16.8. The van der Waals surface area contributed by atoms with E-state index in [1.54, 1.807) is 46.2 Å². The minimum atomic E-state index is -0.241. The molecule has 1 aliphatic rings. The van der Waals surface area contributed by atoms with Crippen LogP contribution in [0.2, 0.25) is 0 Å². The lowest BCUT2D eigenvalue weighted by Crippen LogP contribution is -2.37. The highest BCUT2D eigenvalue weighted by molar-refractivity contribution is 5.98. The summed E-state index contributed by atoms with van der Waals surface area (Å²) in [5.74, 6) is -0.567. The molecule has 6 heteroatoms. The molecule has 1 heterocycles. The fraction of sp³-hybridized carbons (Fsp3) is 0.263. The number of rotatable bonds is 2. The average Bonchev–Trinajstić information content (AvgIpc) is 2.87. The van der Waals surface area contributed by atoms with E-state index in [9.17, 15) is 19.8 Å². The van der Waals surface area contributed by atoms with Crippen LogP contribution in [0.1, 0.15) is 27.1 Å². The minimum Gasteiger partial charge on any atom is -0.507 e. The zero-order valence-corrected chi connectivity index (χ0v) is 13.8. The Labute approximate surface area is 145 Å². The molecule has 130 valence electrons. The molecule has 25 heavy (non-hydrogen) atoms. The Hall–Kier alpha value is -3.02. The van der Waals surface area contributed by atoms with Gasteiger partial charge in [0.25, 0.3) is 11.8 Å². The zero-order valence-electron chi connectivity index (χ0n) is 13.8.